The van der Waals surface area contributed by atoms with E-state index in [4.69, 9.17) is 5.73 Å². The minimum atomic E-state index is -3.11. The molecule has 3 N–H and O–H groups in total. The van der Waals surface area contributed by atoms with E-state index in [1.165, 1.54) is 5.41 Å². The van der Waals surface area contributed by atoms with Gasteiger partial charge < -0.3 is 11.1 Å². The van der Waals surface area contributed by atoms with Crippen molar-refractivity contribution in [1.82, 2.24) is 5.32 Å². The Balaban J connectivity index is 1.93. The van der Waals surface area contributed by atoms with Crippen molar-refractivity contribution in [2.24, 2.45) is 17.6 Å². The molecule has 0 radical (unpaired) electrons. The fourth-order valence-corrected chi connectivity index (χ4v) is 4.03. The van der Waals surface area contributed by atoms with Crippen molar-refractivity contribution < 1.29 is 13.2 Å². The van der Waals surface area contributed by atoms with Crippen LogP contribution in [0.2, 0.25) is 0 Å². The average Bonchev–Trinajstić information content (AvgIpc) is 2.68. The second-order valence-corrected chi connectivity index (χ2v) is 7.09. The maximum absolute atomic E-state index is 12.1. The van der Waals surface area contributed by atoms with Gasteiger partial charge in [0.2, 0.25) is 5.91 Å². The highest BCUT2D eigenvalue weighted by atomic mass is 32.2. The predicted molar refractivity (Wildman–Crippen MR) is 69.4 cm³/mol. The Morgan fingerprint density at radius 3 is 2.67 bits per heavy atom. The standard InChI is InChI=1S/C12H20N2O3S/c13-7-9-3-1-2-4-11(9)12(15)14-10-5-6-18(16,17)8-10/h5-6,9-11H,1-4,7-8,13H2,(H,14,15). The zero-order valence-corrected chi connectivity index (χ0v) is 11.2. The third-order valence-electron chi connectivity index (χ3n) is 3.81. The molecule has 1 aliphatic heterocycles. The van der Waals surface area contributed by atoms with E-state index in [2.05, 4.69) is 5.32 Å². The van der Waals surface area contributed by atoms with Gasteiger partial charge in [0, 0.05) is 11.3 Å². The van der Waals surface area contributed by atoms with Crippen LogP contribution in [0.25, 0.3) is 0 Å². The van der Waals surface area contributed by atoms with Crippen LogP contribution in [0, 0.1) is 11.8 Å². The first-order valence-corrected chi connectivity index (χ1v) is 8.15. The molecule has 0 spiro atoms. The molecular formula is C12H20N2O3S. The van der Waals surface area contributed by atoms with Gasteiger partial charge >= 0.3 is 0 Å². The molecule has 1 saturated carbocycles. The van der Waals surface area contributed by atoms with E-state index in [0.29, 0.717) is 6.54 Å². The Hall–Kier alpha value is -0.880. The number of carbonyl (C=O) groups is 1. The number of nitrogens with one attached hydrogen (secondary N) is 1. The monoisotopic (exact) mass is 272 g/mol. The average molecular weight is 272 g/mol. The van der Waals surface area contributed by atoms with E-state index < -0.39 is 9.84 Å². The van der Waals surface area contributed by atoms with Gasteiger partial charge in [-0.25, -0.2) is 8.42 Å². The van der Waals surface area contributed by atoms with Crippen molar-refractivity contribution in [3.63, 3.8) is 0 Å². The lowest BCUT2D eigenvalue weighted by Crippen LogP contribution is -2.44. The quantitative estimate of drug-likeness (QED) is 0.767. The molecule has 18 heavy (non-hydrogen) atoms. The van der Waals surface area contributed by atoms with Gasteiger partial charge in [-0.1, -0.05) is 12.8 Å². The molecule has 0 aromatic heterocycles. The Labute approximate surface area is 108 Å². The second-order valence-electron chi connectivity index (χ2n) is 5.16. The number of carbonyl (C=O) groups excluding carboxylic acids is 1. The number of amides is 1. The first kappa shape index (κ1) is 13.5. The lowest BCUT2D eigenvalue weighted by Gasteiger charge is -2.30. The van der Waals surface area contributed by atoms with Gasteiger partial charge in [0.05, 0.1) is 11.8 Å². The zero-order chi connectivity index (χ0) is 13.2. The van der Waals surface area contributed by atoms with E-state index in [9.17, 15) is 13.2 Å². The lowest BCUT2D eigenvalue weighted by molar-refractivity contribution is -0.127. The summed E-state index contributed by atoms with van der Waals surface area (Å²) in [4.78, 5) is 12.1. The number of hydrogen-bond acceptors (Lipinski definition) is 4. The molecule has 1 fully saturated rings. The second kappa shape index (κ2) is 5.40. The zero-order valence-electron chi connectivity index (χ0n) is 10.3. The van der Waals surface area contributed by atoms with Gasteiger partial charge in [-0.15, -0.1) is 0 Å². The Kier molecular flexibility index (Phi) is 4.07. The lowest BCUT2D eigenvalue weighted by atomic mass is 9.78. The molecular weight excluding hydrogens is 252 g/mol. The fraction of sp³-hybridized carbons (Fsp3) is 0.750. The van der Waals surface area contributed by atoms with Crippen LogP contribution in [-0.2, 0) is 14.6 Å². The van der Waals surface area contributed by atoms with Gasteiger partial charge in [-0.05, 0) is 31.4 Å². The first-order chi connectivity index (χ1) is 8.52. The molecule has 0 bridgehead atoms. The largest absolute Gasteiger partial charge is 0.349 e. The molecule has 102 valence electrons. The Morgan fingerprint density at radius 1 is 1.33 bits per heavy atom. The van der Waals surface area contributed by atoms with Gasteiger partial charge in [-0.2, -0.15) is 0 Å². The van der Waals surface area contributed by atoms with Crippen LogP contribution in [0.5, 0.6) is 0 Å². The number of hydrogen-bond donors (Lipinski definition) is 2. The highest BCUT2D eigenvalue weighted by Gasteiger charge is 2.32. The topological polar surface area (TPSA) is 89.3 Å². The molecule has 3 unspecified atom stereocenters. The SMILES string of the molecule is NCC1CCCCC1C(=O)NC1C=CS(=O)(=O)C1. The molecule has 5 nitrogen and oxygen atoms in total. The van der Waals surface area contributed by atoms with Crippen LogP contribution in [-0.4, -0.2) is 32.7 Å². The van der Waals surface area contributed by atoms with Gasteiger partial charge in [0.25, 0.3) is 0 Å². The number of nitrogens with two attached hydrogens (primary N) is 1. The van der Waals surface area contributed by atoms with E-state index in [1.807, 2.05) is 0 Å². The van der Waals surface area contributed by atoms with E-state index in [-0.39, 0.29) is 29.5 Å². The summed E-state index contributed by atoms with van der Waals surface area (Å²) >= 11 is 0. The Bertz CT molecular complexity index is 444. The van der Waals surface area contributed by atoms with E-state index in [1.54, 1.807) is 6.08 Å². The maximum Gasteiger partial charge on any atom is 0.223 e. The van der Waals surface area contributed by atoms with Crippen molar-refractivity contribution in [3.8, 4) is 0 Å². The molecule has 0 aromatic rings. The smallest absolute Gasteiger partial charge is 0.223 e. The van der Waals surface area contributed by atoms with Crippen molar-refractivity contribution >= 4 is 15.7 Å². The van der Waals surface area contributed by atoms with Gasteiger partial charge in [0.1, 0.15) is 0 Å². The highest BCUT2D eigenvalue weighted by molar-refractivity contribution is 7.94. The summed E-state index contributed by atoms with van der Waals surface area (Å²) in [7, 11) is -3.11. The van der Waals surface area contributed by atoms with E-state index in [0.717, 1.165) is 25.7 Å². The molecule has 0 aromatic carbocycles. The highest BCUT2D eigenvalue weighted by Crippen LogP contribution is 2.29. The third kappa shape index (κ3) is 3.11. The summed E-state index contributed by atoms with van der Waals surface area (Å²) in [6.07, 6.45) is 5.58. The minimum absolute atomic E-state index is 0.0151. The van der Waals surface area contributed by atoms with Crippen LogP contribution in [0.3, 0.4) is 0 Å². The van der Waals surface area contributed by atoms with Gasteiger partial charge in [0.15, 0.2) is 9.84 Å². The molecule has 6 heteroatoms. The summed E-state index contributed by atoms with van der Waals surface area (Å²) < 4.78 is 22.5. The van der Waals surface area contributed by atoms with Gasteiger partial charge in [-0.3, -0.25) is 4.79 Å². The van der Waals surface area contributed by atoms with Crippen molar-refractivity contribution in [2.45, 2.75) is 31.7 Å². The third-order valence-corrected chi connectivity index (χ3v) is 5.20. The Morgan fingerprint density at radius 2 is 2.06 bits per heavy atom. The summed E-state index contributed by atoms with van der Waals surface area (Å²) in [5.41, 5.74) is 5.69. The molecule has 2 rings (SSSR count). The van der Waals surface area contributed by atoms with Crippen molar-refractivity contribution in [1.29, 1.82) is 0 Å². The fourth-order valence-electron chi connectivity index (χ4n) is 2.79. The summed E-state index contributed by atoms with van der Waals surface area (Å²) in [6.45, 7) is 0.525. The molecule has 3 atom stereocenters. The van der Waals surface area contributed by atoms with E-state index >= 15 is 0 Å². The van der Waals surface area contributed by atoms with Crippen molar-refractivity contribution in [2.75, 3.05) is 12.3 Å². The van der Waals surface area contributed by atoms with Crippen molar-refractivity contribution in [3.05, 3.63) is 11.5 Å². The normalized spacial score (nSPS) is 34.4. The molecule has 1 aliphatic carbocycles. The molecule has 2 aliphatic rings. The number of rotatable bonds is 3. The predicted octanol–water partition coefficient (Wildman–Crippen LogP) is 0.178. The van der Waals surface area contributed by atoms with Crippen LogP contribution in [0.1, 0.15) is 25.7 Å². The van der Waals surface area contributed by atoms with Crippen LogP contribution < -0.4 is 11.1 Å². The van der Waals surface area contributed by atoms with Crippen LogP contribution >= 0.6 is 0 Å². The number of sulfone groups is 1. The molecule has 1 amide bonds. The minimum Gasteiger partial charge on any atom is -0.349 e. The molecule has 1 heterocycles. The van der Waals surface area contributed by atoms with Crippen LogP contribution in [0.4, 0.5) is 0 Å². The summed E-state index contributed by atoms with van der Waals surface area (Å²) in [5, 5.41) is 3.99. The van der Waals surface area contributed by atoms with Crippen LogP contribution in [0.15, 0.2) is 11.5 Å². The summed E-state index contributed by atoms with van der Waals surface area (Å²) in [5.74, 6) is 0.122. The molecule has 0 saturated heterocycles. The first-order valence-electron chi connectivity index (χ1n) is 6.43. The maximum atomic E-state index is 12.1. The summed E-state index contributed by atoms with van der Waals surface area (Å²) in [6, 6.07) is -0.372.